The van der Waals surface area contributed by atoms with Gasteiger partial charge in [-0.15, -0.1) is 0 Å². The van der Waals surface area contributed by atoms with Crippen molar-refractivity contribution in [1.82, 2.24) is 0 Å². The molecule has 1 N–H and O–H groups in total. The zero-order valence-electron chi connectivity index (χ0n) is 10.5. The minimum Gasteiger partial charge on any atom is -0.507 e. The van der Waals surface area contributed by atoms with Gasteiger partial charge in [0.15, 0.2) is 0 Å². The van der Waals surface area contributed by atoms with E-state index in [1.807, 2.05) is 12.1 Å². The molecule has 0 aliphatic carbocycles. The molecule has 0 unspecified atom stereocenters. The zero-order chi connectivity index (χ0) is 14.2. The Balaban J connectivity index is 2.38. The highest BCUT2D eigenvalue weighted by Crippen LogP contribution is 2.35. The zero-order valence-corrected chi connectivity index (χ0v) is 11.3. The molecule has 100 valence electrons. The van der Waals surface area contributed by atoms with E-state index in [9.17, 15) is 13.5 Å². The van der Waals surface area contributed by atoms with Crippen LogP contribution < -0.4 is 0 Å². The number of aromatic hydroxyl groups is 1. The topological polar surface area (TPSA) is 54.4 Å². The van der Waals surface area contributed by atoms with Crippen molar-refractivity contribution < 1.29 is 13.5 Å². The first-order chi connectivity index (χ1) is 9.60. The van der Waals surface area contributed by atoms with Gasteiger partial charge in [-0.3, -0.25) is 0 Å². The maximum atomic E-state index is 12.7. The molecular weight excluding hydrogens is 272 g/mol. The summed E-state index contributed by atoms with van der Waals surface area (Å²) in [6, 6.07) is 18.3. The first kappa shape index (κ1) is 12.7. The summed E-state index contributed by atoms with van der Waals surface area (Å²) in [6.45, 7) is 0. The molecule has 0 heterocycles. The lowest BCUT2D eigenvalue weighted by Crippen LogP contribution is -2.03. The largest absolute Gasteiger partial charge is 0.507 e. The summed E-state index contributed by atoms with van der Waals surface area (Å²) in [5.41, 5.74) is 0. The predicted molar refractivity (Wildman–Crippen MR) is 77.5 cm³/mol. The molecule has 4 heteroatoms. The third kappa shape index (κ3) is 1.94. The van der Waals surface area contributed by atoms with E-state index in [0.717, 1.165) is 5.39 Å². The molecule has 0 saturated heterocycles. The van der Waals surface area contributed by atoms with Crippen molar-refractivity contribution in [2.45, 2.75) is 9.79 Å². The van der Waals surface area contributed by atoms with Gasteiger partial charge in [-0.25, -0.2) is 8.42 Å². The number of hydrogen-bond acceptors (Lipinski definition) is 3. The summed E-state index contributed by atoms with van der Waals surface area (Å²) < 4.78 is 25.4. The number of phenols is 1. The number of phenolic OH excluding ortho intramolecular Hbond substituents is 1. The highest BCUT2D eigenvalue weighted by atomic mass is 32.2. The number of benzene rings is 3. The van der Waals surface area contributed by atoms with Crippen molar-refractivity contribution in [3.8, 4) is 5.75 Å². The maximum Gasteiger partial charge on any atom is 0.210 e. The first-order valence-corrected chi connectivity index (χ1v) is 7.60. The molecule has 0 bridgehead atoms. The molecular formula is C16H12O3S. The third-order valence-corrected chi connectivity index (χ3v) is 5.04. The standard InChI is InChI=1S/C16H12O3S/c17-15-11-10-12-6-4-5-9-14(12)16(15)20(18,19)13-7-2-1-3-8-13/h1-11,17H. The average Bonchev–Trinajstić information content (AvgIpc) is 2.47. The summed E-state index contributed by atoms with van der Waals surface area (Å²) in [5.74, 6) is -0.229. The van der Waals surface area contributed by atoms with Crippen molar-refractivity contribution in [3.05, 3.63) is 66.7 Å². The molecule has 20 heavy (non-hydrogen) atoms. The van der Waals surface area contributed by atoms with Crippen LogP contribution in [0.1, 0.15) is 0 Å². The Morgan fingerprint density at radius 1 is 0.750 bits per heavy atom. The molecule has 0 radical (unpaired) electrons. The van der Waals surface area contributed by atoms with E-state index in [4.69, 9.17) is 0 Å². The minimum atomic E-state index is -3.75. The number of rotatable bonds is 2. The third-order valence-electron chi connectivity index (χ3n) is 3.18. The van der Waals surface area contributed by atoms with Crippen molar-refractivity contribution in [1.29, 1.82) is 0 Å². The number of sulfone groups is 1. The van der Waals surface area contributed by atoms with Crippen LogP contribution in [0, 0.1) is 0 Å². The number of fused-ring (bicyclic) bond motifs is 1. The van der Waals surface area contributed by atoms with Crippen LogP contribution in [-0.4, -0.2) is 13.5 Å². The predicted octanol–water partition coefficient (Wildman–Crippen LogP) is 3.38. The van der Waals surface area contributed by atoms with Crippen LogP contribution in [0.4, 0.5) is 0 Å². The second-order valence-corrected chi connectivity index (χ2v) is 6.34. The van der Waals surface area contributed by atoms with Gasteiger partial charge in [0, 0.05) is 5.39 Å². The van der Waals surface area contributed by atoms with Gasteiger partial charge in [-0.1, -0.05) is 48.5 Å². The van der Waals surface area contributed by atoms with Crippen LogP contribution >= 0.6 is 0 Å². The Kier molecular flexibility index (Phi) is 2.95. The Morgan fingerprint density at radius 3 is 2.15 bits per heavy atom. The molecule has 3 aromatic rings. The number of hydrogen-bond donors (Lipinski definition) is 1. The summed E-state index contributed by atoms with van der Waals surface area (Å²) in [6.07, 6.45) is 0. The summed E-state index contributed by atoms with van der Waals surface area (Å²) >= 11 is 0. The highest BCUT2D eigenvalue weighted by Gasteiger charge is 2.23. The van der Waals surface area contributed by atoms with Gasteiger partial charge in [-0.2, -0.15) is 0 Å². The van der Waals surface area contributed by atoms with Crippen molar-refractivity contribution in [3.63, 3.8) is 0 Å². The molecule has 0 atom stereocenters. The molecule has 0 fully saturated rings. The van der Waals surface area contributed by atoms with Crippen LogP contribution in [0.25, 0.3) is 10.8 Å². The Morgan fingerprint density at radius 2 is 1.40 bits per heavy atom. The normalized spacial score (nSPS) is 11.6. The fourth-order valence-corrected chi connectivity index (χ4v) is 3.80. The molecule has 0 aliphatic rings. The molecule has 3 nitrogen and oxygen atoms in total. The lowest BCUT2D eigenvalue weighted by atomic mass is 10.1. The average molecular weight is 284 g/mol. The van der Waals surface area contributed by atoms with Crippen molar-refractivity contribution in [2.75, 3.05) is 0 Å². The molecule has 0 aliphatic heterocycles. The van der Waals surface area contributed by atoms with Crippen LogP contribution in [0.2, 0.25) is 0 Å². The van der Waals surface area contributed by atoms with E-state index in [2.05, 4.69) is 0 Å². The lowest BCUT2D eigenvalue weighted by Gasteiger charge is -2.10. The summed E-state index contributed by atoms with van der Waals surface area (Å²) in [4.78, 5) is 0.133. The Hall–Kier alpha value is -2.33. The Bertz CT molecular complexity index is 869. The van der Waals surface area contributed by atoms with E-state index in [1.165, 1.54) is 18.2 Å². The van der Waals surface area contributed by atoms with Crippen LogP contribution in [0.15, 0.2) is 76.5 Å². The molecule has 0 spiro atoms. The van der Waals surface area contributed by atoms with Gasteiger partial charge in [0.1, 0.15) is 10.6 Å². The smallest absolute Gasteiger partial charge is 0.210 e. The van der Waals surface area contributed by atoms with Gasteiger partial charge in [0.2, 0.25) is 9.84 Å². The van der Waals surface area contributed by atoms with Gasteiger partial charge in [-0.05, 0) is 23.6 Å². The fraction of sp³-hybridized carbons (Fsp3) is 0. The van der Waals surface area contributed by atoms with Gasteiger partial charge < -0.3 is 5.11 Å². The molecule has 0 aromatic heterocycles. The van der Waals surface area contributed by atoms with Gasteiger partial charge in [0.05, 0.1) is 4.90 Å². The van der Waals surface area contributed by atoms with E-state index in [-0.39, 0.29) is 15.5 Å². The van der Waals surface area contributed by atoms with Gasteiger partial charge >= 0.3 is 0 Å². The van der Waals surface area contributed by atoms with Gasteiger partial charge in [0.25, 0.3) is 0 Å². The molecule has 3 rings (SSSR count). The Labute approximate surface area is 117 Å². The quantitative estimate of drug-likeness (QED) is 0.785. The van der Waals surface area contributed by atoms with E-state index >= 15 is 0 Å². The second kappa shape index (κ2) is 4.65. The minimum absolute atomic E-state index is 0.0400. The van der Waals surface area contributed by atoms with E-state index in [1.54, 1.807) is 36.4 Å². The molecule has 3 aromatic carbocycles. The second-order valence-electron chi connectivity index (χ2n) is 4.45. The fourth-order valence-electron chi connectivity index (χ4n) is 2.23. The maximum absolute atomic E-state index is 12.7. The summed E-state index contributed by atoms with van der Waals surface area (Å²) in [5, 5.41) is 11.3. The molecule has 0 saturated carbocycles. The lowest BCUT2D eigenvalue weighted by molar-refractivity contribution is 0.460. The van der Waals surface area contributed by atoms with E-state index in [0.29, 0.717) is 5.39 Å². The van der Waals surface area contributed by atoms with E-state index < -0.39 is 9.84 Å². The van der Waals surface area contributed by atoms with Crippen LogP contribution in [0.5, 0.6) is 5.75 Å². The van der Waals surface area contributed by atoms with Crippen LogP contribution in [-0.2, 0) is 9.84 Å². The van der Waals surface area contributed by atoms with Crippen molar-refractivity contribution in [2.24, 2.45) is 0 Å². The first-order valence-electron chi connectivity index (χ1n) is 6.11. The monoisotopic (exact) mass is 284 g/mol. The van der Waals surface area contributed by atoms with Crippen LogP contribution in [0.3, 0.4) is 0 Å². The highest BCUT2D eigenvalue weighted by molar-refractivity contribution is 7.91. The van der Waals surface area contributed by atoms with Crippen molar-refractivity contribution >= 4 is 20.6 Å². The SMILES string of the molecule is O=S(=O)(c1ccccc1)c1c(O)ccc2ccccc12. The summed E-state index contributed by atoms with van der Waals surface area (Å²) in [7, 11) is -3.75. The molecule has 0 amide bonds.